The topological polar surface area (TPSA) is 39.2 Å². The Balaban J connectivity index is 2.32. The lowest BCUT2D eigenvalue weighted by molar-refractivity contribution is -0.147. The number of fused-ring (bicyclic) bond motifs is 1. The molecule has 0 amide bonds. The van der Waals surface area contributed by atoms with Crippen LogP contribution in [0, 0.1) is 0 Å². The van der Waals surface area contributed by atoms with Gasteiger partial charge in [0, 0.05) is 13.1 Å². The van der Waals surface area contributed by atoms with Crippen LogP contribution in [-0.4, -0.2) is 15.8 Å². The highest BCUT2D eigenvalue weighted by Gasteiger charge is 2.31. The molecule has 2 unspecified atom stereocenters. The van der Waals surface area contributed by atoms with Crippen LogP contribution in [0.1, 0.15) is 30.7 Å². The maximum Gasteiger partial charge on any atom is 0.303 e. The summed E-state index contributed by atoms with van der Waals surface area (Å²) in [5, 5.41) is 0. The van der Waals surface area contributed by atoms with Gasteiger partial charge in [-0.2, -0.15) is 0 Å². The molecule has 0 aromatic carbocycles. The van der Waals surface area contributed by atoms with E-state index < -0.39 is 0 Å². The van der Waals surface area contributed by atoms with Gasteiger partial charge in [-0.05, 0) is 24.5 Å². The van der Waals surface area contributed by atoms with Crippen LogP contribution in [0.5, 0.6) is 0 Å². The van der Waals surface area contributed by atoms with Gasteiger partial charge in [-0.1, -0.05) is 22.0 Å². The van der Waals surface area contributed by atoms with Gasteiger partial charge in [-0.3, -0.25) is 9.78 Å². The molecule has 3 nitrogen and oxygen atoms in total. The zero-order valence-corrected chi connectivity index (χ0v) is 10.0. The normalized spacial score (nSPS) is 24.4. The Bertz CT molecular complexity index is 381. The van der Waals surface area contributed by atoms with Crippen molar-refractivity contribution >= 4 is 21.9 Å². The van der Waals surface area contributed by atoms with E-state index in [1.54, 1.807) is 6.20 Å². The molecule has 2 atom stereocenters. The summed E-state index contributed by atoms with van der Waals surface area (Å²) >= 11 is 3.54. The standard InChI is InChI=1S/C11H12BrNO2/c1-7(14)15-11-9(12)5-4-8-3-2-6-13-10(8)11/h2-3,6,9,11H,4-5H2,1H3. The van der Waals surface area contributed by atoms with Crippen LogP contribution in [0.2, 0.25) is 0 Å². The smallest absolute Gasteiger partial charge is 0.303 e. The number of pyridine rings is 1. The Hall–Kier alpha value is -0.900. The molecule has 1 aromatic rings. The Kier molecular flexibility index (Phi) is 3.05. The Labute approximate surface area is 97.0 Å². The number of ether oxygens (including phenoxy) is 1. The zero-order chi connectivity index (χ0) is 10.8. The number of alkyl halides is 1. The molecule has 0 radical (unpaired) electrons. The molecule has 2 rings (SSSR count). The van der Waals surface area contributed by atoms with Crippen molar-refractivity contribution in [3.8, 4) is 0 Å². The van der Waals surface area contributed by atoms with E-state index in [9.17, 15) is 4.79 Å². The number of rotatable bonds is 1. The van der Waals surface area contributed by atoms with Crippen molar-refractivity contribution in [1.82, 2.24) is 4.98 Å². The number of aryl methyl sites for hydroxylation is 1. The lowest BCUT2D eigenvalue weighted by Gasteiger charge is -2.28. The maximum atomic E-state index is 11.0. The number of hydrogen-bond donors (Lipinski definition) is 0. The van der Waals surface area contributed by atoms with Gasteiger partial charge in [0.1, 0.15) is 0 Å². The third kappa shape index (κ3) is 2.20. The summed E-state index contributed by atoms with van der Waals surface area (Å²) in [5.74, 6) is -0.261. The minimum absolute atomic E-state index is 0.170. The summed E-state index contributed by atoms with van der Waals surface area (Å²) in [4.78, 5) is 15.5. The van der Waals surface area contributed by atoms with Crippen LogP contribution in [0.4, 0.5) is 0 Å². The van der Waals surface area contributed by atoms with E-state index >= 15 is 0 Å². The Morgan fingerprint density at radius 3 is 3.20 bits per heavy atom. The monoisotopic (exact) mass is 269 g/mol. The zero-order valence-electron chi connectivity index (χ0n) is 8.44. The van der Waals surface area contributed by atoms with E-state index in [0.29, 0.717) is 0 Å². The summed E-state index contributed by atoms with van der Waals surface area (Å²) in [6, 6.07) is 3.95. The summed E-state index contributed by atoms with van der Waals surface area (Å²) in [7, 11) is 0. The number of hydrogen-bond acceptors (Lipinski definition) is 3. The molecule has 0 saturated heterocycles. The fraction of sp³-hybridized carbons (Fsp3) is 0.455. The minimum Gasteiger partial charge on any atom is -0.455 e. The van der Waals surface area contributed by atoms with E-state index in [2.05, 4.69) is 20.9 Å². The summed E-state index contributed by atoms with van der Waals surface area (Å²) in [6.07, 6.45) is 3.45. The molecule has 1 heterocycles. The summed E-state index contributed by atoms with van der Waals surface area (Å²) in [5.41, 5.74) is 2.07. The lowest BCUT2D eigenvalue weighted by atomic mass is 9.93. The van der Waals surface area contributed by atoms with E-state index in [-0.39, 0.29) is 16.9 Å². The van der Waals surface area contributed by atoms with Crippen LogP contribution in [0.15, 0.2) is 18.3 Å². The van der Waals surface area contributed by atoms with E-state index in [1.807, 2.05) is 12.1 Å². The molecule has 1 aliphatic rings. The fourth-order valence-corrected chi connectivity index (χ4v) is 2.43. The van der Waals surface area contributed by atoms with Gasteiger partial charge < -0.3 is 4.74 Å². The van der Waals surface area contributed by atoms with Crippen LogP contribution in [0.3, 0.4) is 0 Å². The quantitative estimate of drug-likeness (QED) is 0.581. The Morgan fingerprint density at radius 2 is 2.47 bits per heavy atom. The lowest BCUT2D eigenvalue weighted by Crippen LogP contribution is -2.25. The van der Waals surface area contributed by atoms with Crippen molar-refractivity contribution in [2.75, 3.05) is 0 Å². The molecule has 0 fully saturated rings. The first-order valence-corrected chi connectivity index (χ1v) is 5.85. The van der Waals surface area contributed by atoms with Crippen LogP contribution < -0.4 is 0 Å². The number of carbonyl (C=O) groups excluding carboxylic acids is 1. The molecule has 4 heteroatoms. The molecular weight excluding hydrogens is 258 g/mol. The second-order valence-electron chi connectivity index (χ2n) is 3.63. The number of carbonyl (C=O) groups is 1. The number of esters is 1. The number of halogens is 1. The van der Waals surface area contributed by atoms with Crippen LogP contribution in [0.25, 0.3) is 0 Å². The molecule has 1 aliphatic carbocycles. The van der Waals surface area contributed by atoms with Gasteiger partial charge >= 0.3 is 5.97 Å². The second-order valence-corrected chi connectivity index (χ2v) is 4.81. The highest BCUT2D eigenvalue weighted by molar-refractivity contribution is 9.09. The predicted octanol–water partition coefficient (Wildman–Crippen LogP) is 2.40. The molecule has 80 valence electrons. The van der Waals surface area contributed by atoms with Gasteiger partial charge in [0.2, 0.25) is 0 Å². The van der Waals surface area contributed by atoms with Crippen molar-refractivity contribution in [3.05, 3.63) is 29.6 Å². The minimum atomic E-state index is -0.261. The fourth-order valence-electron chi connectivity index (χ4n) is 1.84. The third-order valence-electron chi connectivity index (χ3n) is 2.51. The largest absolute Gasteiger partial charge is 0.455 e. The van der Waals surface area contributed by atoms with E-state index in [0.717, 1.165) is 18.5 Å². The molecule has 1 aromatic heterocycles. The Morgan fingerprint density at radius 1 is 1.67 bits per heavy atom. The van der Waals surface area contributed by atoms with Gasteiger partial charge in [0.15, 0.2) is 6.10 Å². The first-order chi connectivity index (χ1) is 7.18. The van der Waals surface area contributed by atoms with Crippen LogP contribution in [-0.2, 0) is 16.0 Å². The molecule has 0 bridgehead atoms. The van der Waals surface area contributed by atoms with Gasteiger partial charge in [0.05, 0.1) is 10.5 Å². The van der Waals surface area contributed by atoms with Gasteiger partial charge in [-0.25, -0.2) is 0 Å². The van der Waals surface area contributed by atoms with Crippen molar-refractivity contribution in [2.45, 2.75) is 30.7 Å². The first kappa shape index (κ1) is 10.6. The van der Waals surface area contributed by atoms with E-state index in [4.69, 9.17) is 4.74 Å². The molecular formula is C11H12BrNO2. The average molecular weight is 270 g/mol. The van der Waals surface area contributed by atoms with E-state index in [1.165, 1.54) is 12.5 Å². The number of aromatic nitrogens is 1. The molecule has 0 saturated carbocycles. The number of nitrogens with zero attached hydrogens (tertiary/aromatic N) is 1. The van der Waals surface area contributed by atoms with Gasteiger partial charge in [0.25, 0.3) is 0 Å². The molecule has 0 N–H and O–H groups in total. The highest BCUT2D eigenvalue weighted by atomic mass is 79.9. The molecule has 0 aliphatic heterocycles. The van der Waals surface area contributed by atoms with Crippen molar-refractivity contribution in [1.29, 1.82) is 0 Å². The van der Waals surface area contributed by atoms with Crippen molar-refractivity contribution in [3.63, 3.8) is 0 Å². The molecule has 15 heavy (non-hydrogen) atoms. The van der Waals surface area contributed by atoms with Crippen LogP contribution >= 0.6 is 15.9 Å². The maximum absolute atomic E-state index is 11.0. The third-order valence-corrected chi connectivity index (χ3v) is 3.44. The first-order valence-electron chi connectivity index (χ1n) is 4.93. The van der Waals surface area contributed by atoms with Gasteiger partial charge in [-0.15, -0.1) is 0 Å². The molecule has 0 spiro atoms. The van der Waals surface area contributed by atoms with Crippen molar-refractivity contribution < 1.29 is 9.53 Å². The second kappa shape index (κ2) is 4.31. The predicted molar refractivity (Wildman–Crippen MR) is 59.8 cm³/mol. The average Bonchev–Trinajstić information content (AvgIpc) is 2.22. The summed E-state index contributed by atoms with van der Waals surface area (Å²) in [6.45, 7) is 1.43. The SMILES string of the molecule is CC(=O)OC1c2ncccc2CCC1Br. The summed E-state index contributed by atoms with van der Waals surface area (Å²) < 4.78 is 5.28. The highest BCUT2D eigenvalue weighted by Crippen LogP contribution is 2.35. The van der Waals surface area contributed by atoms with Crippen molar-refractivity contribution in [2.24, 2.45) is 0 Å².